The first-order chi connectivity index (χ1) is 11.5. The summed E-state index contributed by atoms with van der Waals surface area (Å²) in [6, 6.07) is 0. The van der Waals surface area contributed by atoms with Gasteiger partial charge in [0.1, 0.15) is 6.10 Å². The summed E-state index contributed by atoms with van der Waals surface area (Å²) in [7, 11) is 1.30. The number of ether oxygens (including phenoxy) is 2. The fraction of sp³-hybridized carbons (Fsp3) is 0.789. The van der Waals surface area contributed by atoms with Crippen LogP contribution in [0.25, 0.3) is 0 Å². The van der Waals surface area contributed by atoms with Gasteiger partial charge < -0.3 is 14.6 Å². The quantitative estimate of drug-likeness (QED) is 0.295. The SMILES string of the molecule is C=CC(=O)OC(C(C)O)C(CCCCCCCCCC)C(=O)OC. The zero-order valence-corrected chi connectivity index (χ0v) is 15.5. The number of hydrogen-bond acceptors (Lipinski definition) is 5. The molecule has 1 N–H and O–H groups in total. The molecule has 0 heterocycles. The van der Waals surface area contributed by atoms with Gasteiger partial charge in [0.25, 0.3) is 0 Å². The summed E-state index contributed by atoms with van der Waals surface area (Å²) in [5, 5.41) is 9.88. The maximum atomic E-state index is 12.0. The van der Waals surface area contributed by atoms with Crippen LogP contribution in [0.5, 0.6) is 0 Å². The zero-order chi connectivity index (χ0) is 18.4. The van der Waals surface area contributed by atoms with Gasteiger partial charge in [0.05, 0.1) is 19.1 Å². The fourth-order valence-corrected chi connectivity index (χ4v) is 2.76. The molecule has 0 bridgehead atoms. The highest BCUT2D eigenvalue weighted by molar-refractivity contribution is 5.82. The molecule has 24 heavy (non-hydrogen) atoms. The third kappa shape index (κ3) is 9.71. The van der Waals surface area contributed by atoms with E-state index in [0.717, 1.165) is 25.3 Å². The average molecular weight is 342 g/mol. The van der Waals surface area contributed by atoms with E-state index in [1.54, 1.807) is 0 Å². The Kier molecular flexibility index (Phi) is 13.2. The van der Waals surface area contributed by atoms with Crippen molar-refractivity contribution in [3.8, 4) is 0 Å². The molecule has 0 radical (unpaired) electrons. The lowest BCUT2D eigenvalue weighted by Crippen LogP contribution is -2.40. The minimum atomic E-state index is -0.952. The lowest BCUT2D eigenvalue weighted by Gasteiger charge is -2.27. The number of aliphatic hydroxyl groups is 1. The second-order valence-electron chi connectivity index (χ2n) is 6.24. The molecular weight excluding hydrogens is 308 g/mol. The standard InChI is InChI=1S/C19H34O5/c1-5-7-8-9-10-11-12-13-14-16(19(22)23-4)18(15(3)20)24-17(21)6-2/h6,15-16,18,20H,2,5,7-14H2,1,3-4H3. The Morgan fingerprint density at radius 1 is 1.08 bits per heavy atom. The first-order valence-electron chi connectivity index (χ1n) is 9.06. The van der Waals surface area contributed by atoms with Gasteiger partial charge in [0.2, 0.25) is 0 Å². The fourth-order valence-electron chi connectivity index (χ4n) is 2.76. The maximum Gasteiger partial charge on any atom is 0.330 e. The van der Waals surface area contributed by atoms with E-state index in [2.05, 4.69) is 13.5 Å². The van der Waals surface area contributed by atoms with E-state index < -0.39 is 30.1 Å². The van der Waals surface area contributed by atoms with Crippen molar-refractivity contribution < 1.29 is 24.2 Å². The highest BCUT2D eigenvalue weighted by Crippen LogP contribution is 2.22. The van der Waals surface area contributed by atoms with Gasteiger partial charge in [-0.3, -0.25) is 4.79 Å². The first-order valence-corrected chi connectivity index (χ1v) is 9.06. The summed E-state index contributed by atoms with van der Waals surface area (Å²) in [5.74, 6) is -1.76. The first kappa shape index (κ1) is 22.6. The summed E-state index contributed by atoms with van der Waals surface area (Å²) in [5.41, 5.74) is 0. The van der Waals surface area contributed by atoms with Crippen LogP contribution in [0, 0.1) is 5.92 Å². The van der Waals surface area contributed by atoms with Gasteiger partial charge >= 0.3 is 11.9 Å². The molecule has 0 aromatic rings. The van der Waals surface area contributed by atoms with Crippen molar-refractivity contribution in [3.63, 3.8) is 0 Å². The number of esters is 2. The number of methoxy groups -OCH3 is 1. The summed E-state index contributed by atoms with van der Waals surface area (Å²) in [6.07, 6.45) is 8.94. The van der Waals surface area contributed by atoms with Gasteiger partial charge in [0, 0.05) is 6.08 Å². The van der Waals surface area contributed by atoms with Gasteiger partial charge in [-0.1, -0.05) is 64.9 Å². The van der Waals surface area contributed by atoms with Gasteiger partial charge in [-0.2, -0.15) is 0 Å². The van der Waals surface area contributed by atoms with Crippen LogP contribution in [0.2, 0.25) is 0 Å². The highest BCUT2D eigenvalue weighted by Gasteiger charge is 2.34. The Bertz CT molecular complexity index is 365. The van der Waals surface area contributed by atoms with Crippen LogP contribution in [0.3, 0.4) is 0 Å². The van der Waals surface area contributed by atoms with E-state index in [1.165, 1.54) is 46.1 Å². The van der Waals surface area contributed by atoms with Crippen molar-refractivity contribution in [1.29, 1.82) is 0 Å². The largest absolute Gasteiger partial charge is 0.469 e. The normalized spacial score (nSPS) is 14.5. The molecule has 3 atom stereocenters. The molecule has 0 aliphatic rings. The van der Waals surface area contributed by atoms with Gasteiger partial charge in [0.15, 0.2) is 0 Å². The minimum Gasteiger partial charge on any atom is -0.469 e. The van der Waals surface area contributed by atoms with E-state index in [1.807, 2.05) is 0 Å². The summed E-state index contributed by atoms with van der Waals surface area (Å²) in [6.45, 7) is 7.05. The van der Waals surface area contributed by atoms with Crippen LogP contribution in [0.15, 0.2) is 12.7 Å². The Morgan fingerprint density at radius 3 is 2.08 bits per heavy atom. The number of hydrogen-bond donors (Lipinski definition) is 1. The molecule has 3 unspecified atom stereocenters. The van der Waals surface area contributed by atoms with Crippen LogP contribution >= 0.6 is 0 Å². The molecule has 0 spiro atoms. The molecule has 5 heteroatoms. The smallest absolute Gasteiger partial charge is 0.330 e. The van der Waals surface area contributed by atoms with Crippen LogP contribution in [0.1, 0.15) is 71.6 Å². The van der Waals surface area contributed by atoms with Crippen LogP contribution < -0.4 is 0 Å². The Hall–Kier alpha value is -1.36. The Labute approximate surface area is 146 Å². The Balaban J connectivity index is 4.41. The van der Waals surface area contributed by atoms with E-state index in [9.17, 15) is 14.7 Å². The van der Waals surface area contributed by atoms with E-state index in [0.29, 0.717) is 6.42 Å². The topological polar surface area (TPSA) is 72.8 Å². The van der Waals surface area contributed by atoms with E-state index in [4.69, 9.17) is 9.47 Å². The molecular formula is C19H34O5. The molecule has 0 aromatic heterocycles. The second kappa shape index (κ2) is 14.0. The van der Waals surface area contributed by atoms with E-state index in [-0.39, 0.29) is 0 Å². The van der Waals surface area contributed by atoms with Crippen molar-refractivity contribution in [3.05, 3.63) is 12.7 Å². The third-order valence-corrected chi connectivity index (χ3v) is 4.16. The number of aliphatic hydroxyl groups excluding tert-OH is 1. The average Bonchev–Trinajstić information content (AvgIpc) is 2.57. The van der Waals surface area contributed by atoms with Gasteiger partial charge in [-0.15, -0.1) is 0 Å². The molecule has 5 nitrogen and oxygen atoms in total. The minimum absolute atomic E-state index is 0.458. The van der Waals surface area contributed by atoms with Crippen molar-refractivity contribution >= 4 is 11.9 Å². The lowest BCUT2D eigenvalue weighted by molar-refractivity contribution is -0.164. The number of unbranched alkanes of at least 4 members (excludes halogenated alkanes) is 7. The van der Waals surface area contributed by atoms with Crippen LogP contribution in [-0.2, 0) is 19.1 Å². The molecule has 0 aromatic carbocycles. The molecule has 0 saturated carbocycles. The van der Waals surface area contributed by atoms with Crippen LogP contribution in [-0.4, -0.2) is 36.4 Å². The Morgan fingerprint density at radius 2 is 1.62 bits per heavy atom. The van der Waals surface area contributed by atoms with Crippen molar-refractivity contribution in [2.24, 2.45) is 5.92 Å². The maximum absolute atomic E-state index is 12.0. The molecule has 0 rings (SSSR count). The molecule has 0 aliphatic heterocycles. The zero-order valence-electron chi connectivity index (χ0n) is 15.5. The second-order valence-corrected chi connectivity index (χ2v) is 6.24. The number of carbonyl (C=O) groups is 2. The molecule has 0 fully saturated rings. The molecule has 140 valence electrons. The van der Waals surface area contributed by atoms with Crippen molar-refractivity contribution in [1.82, 2.24) is 0 Å². The summed E-state index contributed by atoms with van der Waals surface area (Å²) >= 11 is 0. The van der Waals surface area contributed by atoms with Crippen molar-refractivity contribution in [2.75, 3.05) is 7.11 Å². The predicted molar refractivity (Wildman–Crippen MR) is 94.5 cm³/mol. The van der Waals surface area contributed by atoms with Crippen LogP contribution in [0.4, 0.5) is 0 Å². The monoisotopic (exact) mass is 342 g/mol. The lowest BCUT2D eigenvalue weighted by atomic mass is 9.92. The van der Waals surface area contributed by atoms with Crippen molar-refractivity contribution in [2.45, 2.75) is 83.8 Å². The summed E-state index contributed by atoms with van der Waals surface area (Å²) in [4.78, 5) is 23.5. The predicted octanol–water partition coefficient (Wildman–Crippen LogP) is 3.79. The number of rotatable bonds is 14. The highest BCUT2D eigenvalue weighted by atomic mass is 16.6. The number of carbonyl (C=O) groups excluding carboxylic acids is 2. The summed E-state index contributed by atoms with van der Waals surface area (Å²) < 4.78 is 9.97. The third-order valence-electron chi connectivity index (χ3n) is 4.16. The van der Waals surface area contributed by atoms with E-state index >= 15 is 0 Å². The van der Waals surface area contributed by atoms with Gasteiger partial charge in [-0.25, -0.2) is 4.79 Å². The molecule has 0 amide bonds. The van der Waals surface area contributed by atoms with Gasteiger partial charge in [-0.05, 0) is 13.3 Å². The molecule has 0 saturated heterocycles. The molecule has 0 aliphatic carbocycles.